The predicted octanol–water partition coefficient (Wildman–Crippen LogP) is 0.350. The normalized spacial score (nSPS) is 30.2. The number of hydrogen-bond donors (Lipinski definition) is 3. The van der Waals surface area contributed by atoms with Crippen molar-refractivity contribution in [3.05, 3.63) is 22.2 Å². The minimum Gasteiger partial charge on any atom is -0.394 e. The Morgan fingerprint density at radius 1 is 1.10 bits per heavy atom. The third-order valence-corrected chi connectivity index (χ3v) is 3.90. The van der Waals surface area contributed by atoms with Crippen LogP contribution in [0.3, 0.4) is 0 Å². The second-order valence-corrected chi connectivity index (χ2v) is 5.32. The minimum atomic E-state index is -1.24. The van der Waals surface area contributed by atoms with Crippen molar-refractivity contribution in [2.24, 2.45) is 0 Å². The number of aromatic nitrogens is 3. The fourth-order valence-corrected chi connectivity index (χ4v) is 2.43. The van der Waals surface area contributed by atoms with Gasteiger partial charge in [0.2, 0.25) is 0 Å². The Kier molecular flexibility index (Phi) is 3.57. The van der Waals surface area contributed by atoms with Crippen LogP contribution in [0, 0.1) is 0 Å². The maximum absolute atomic E-state index is 9.91. The summed E-state index contributed by atoms with van der Waals surface area (Å²) in [5.41, 5.74) is 0.967. The number of benzene rings is 1. The van der Waals surface area contributed by atoms with Gasteiger partial charge in [-0.3, -0.25) is 0 Å². The maximum Gasteiger partial charge on any atom is 0.198 e. The molecule has 9 heteroatoms. The van der Waals surface area contributed by atoms with Crippen LogP contribution in [-0.2, 0) is 4.74 Å². The molecule has 108 valence electrons. The van der Waals surface area contributed by atoms with Crippen molar-refractivity contribution in [3.8, 4) is 0 Å². The monoisotopic (exact) mass is 319 g/mol. The van der Waals surface area contributed by atoms with Gasteiger partial charge < -0.3 is 20.1 Å². The molecule has 0 saturated carbocycles. The molecule has 1 aromatic carbocycles. The lowest BCUT2D eigenvalue weighted by atomic mass is 10.1. The number of ether oxygens (including phenoxy) is 1. The number of hydrogen-bond acceptors (Lipinski definition) is 6. The number of rotatable bonds is 2. The fraction of sp³-hybridized carbons (Fsp3) is 0.455. The van der Waals surface area contributed by atoms with Gasteiger partial charge in [0.05, 0.1) is 16.7 Å². The molecule has 1 fully saturated rings. The van der Waals surface area contributed by atoms with E-state index < -0.39 is 31.1 Å². The Bertz CT molecular complexity index is 611. The molecule has 3 N–H and O–H groups in total. The molecule has 3 rings (SSSR count). The average Bonchev–Trinajstić information content (AvgIpc) is 2.93. The van der Waals surface area contributed by atoms with E-state index in [2.05, 4.69) is 10.2 Å². The second kappa shape index (κ2) is 5.10. The highest BCUT2D eigenvalue weighted by atomic mass is 35.5. The zero-order chi connectivity index (χ0) is 14.4. The predicted molar refractivity (Wildman–Crippen MR) is 70.6 cm³/mol. The first-order chi connectivity index (χ1) is 9.51. The second-order valence-electron chi connectivity index (χ2n) is 4.50. The van der Waals surface area contributed by atoms with Crippen LogP contribution < -0.4 is 0 Å². The fourth-order valence-electron chi connectivity index (χ4n) is 2.11. The summed E-state index contributed by atoms with van der Waals surface area (Å²) in [6.45, 7) is -0.410. The van der Waals surface area contributed by atoms with Crippen molar-refractivity contribution in [3.63, 3.8) is 0 Å². The molecular formula is C11H11Cl2N3O4. The molecule has 0 radical (unpaired) electrons. The summed E-state index contributed by atoms with van der Waals surface area (Å²) >= 11 is 11.8. The first-order valence-corrected chi connectivity index (χ1v) is 6.61. The Balaban J connectivity index is 1.99. The van der Waals surface area contributed by atoms with E-state index >= 15 is 0 Å². The Morgan fingerprint density at radius 2 is 1.65 bits per heavy atom. The van der Waals surface area contributed by atoms with E-state index in [9.17, 15) is 10.2 Å². The van der Waals surface area contributed by atoms with Crippen molar-refractivity contribution in [2.45, 2.75) is 24.5 Å². The number of aliphatic hydroxyl groups excluding tert-OH is 3. The van der Waals surface area contributed by atoms with E-state index in [1.807, 2.05) is 0 Å². The van der Waals surface area contributed by atoms with Crippen LogP contribution in [0.2, 0.25) is 10.0 Å². The molecule has 0 aliphatic carbocycles. The summed E-state index contributed by atoms with van der Waals surface area (Å²) in [4.78, 5) is 1.14. The number of halogens is 2. The lowest BCUT2D eigenvalue weighted by Gasteiger charge is -2.12. The van der Waals surface area contributed by atoms with E-state index in [0.29, 0.717) is 21.1 Å². The van der Waals surface area contributed by atoms with Gasteiger partial charge in [0, 0.05) is 0 Å². The van der Waals surface area contributed by atoms with E-state index in [0.717, 1.165) is 4.80 Å². The molecule has 1 aromatic heterocycles. The van der Waals surface area contributed by atoms with Gasteiger partial charge >= 0.3 is 0 Å². The molecular weight excluding hydrogens is 309 g/mol. The van der Waals surface area contributed by atoms with Gasteiger partial charge in [0.15, 0.2) is 6.23 Å². The Hall–Kier alpha value is -0.960. The highest BCUT2D eigenvalue weighted by Gasteiger charge is 2.44. The van der Waals surface area contributed by atoms with Crippen molar-refractivity contribution in [1.29, 1.82) is 0 Å². The van der Waals surface area contributed by atoms with Crippen LogP contribution in [0.1, 0.15) is 6.23 Å². The largest absolute Gasteiger partial charge is 0.394 e. The molecule has 4 atom stereocenters. The van der Waals surface area contributed by atoms with Crippen molar-refractivity contribution < 1.29 is 20.1 Å². The number of aliphatic hydroxyl groups is 3. The van der Waals surface area contributed by atoms with Crippen molar-refractivity contribution >= 4 is 34.2 Å². The molecule has 1 unspecified atom stereocenters. The Labute approximate surface area is 123 Å². The van der Waals surface area contributed by atoms with Crippen LogP contribution in [0.5, 0.6) is 0 Å². The van der Waals surface area contributed by atoms with Gasteiger partial charge in [-0.25, -0.2) is 0 Å². The summed E-state index contributed by atoms with van der Waals surface area (Å²) in [5.74, 6) is 0. The van der Waals surface area contributed by atoms with Crippen molar-refractivity contribution in [1.82, 2.24) is 15.0 Å². The molecule has 0 bridgehead atoms. The van der Waals surface area contributed by atoms with Crippen LogP contribution in [0.4, 0.5) is 0 Å². The van der Waals surface area contributed by atoms with Gasteiger partial charge in [-0.15, -0.1) is 0 Å². The molecule has 2 heterocycles. The van der Waals surface area contributed by atoms with Crippen LogP contribution in [0.25, 0.3) is 11.0 Å². The van der Waals surface area contributed by atoms with Gasteiger partial charge in [-0.05, 0) is 12.1 Å². The van der Waals surface area contributed by atoms with Gasteiger partial charge in [0.25, 0.3) is 0 Å². The standard InChI is InChI=1S/C11H11Cl2N3O4/c12-4-1-6-7(2-5(4)13)15-16(14-6)11-10(19)9(18)8(3-17)20-11/h1-2,8-11,17-19H,3H2/t8-,9-,10-,11?/m1/s1. The van der Waals surface area contributed by atoms with Crippen LogP contribution >= 0.6 is 23.2 Å². The SMILES string of the molecule is OC[C@H]1OC(n2nc3cc(Cl)c(Cl)cc3n2)[C@H](O)[C@@H]1O. The number of fused-ring (bicyclic) bond motifs is 1. The molecule has 1 aliphatic rings. The highest BCUT2D eigenvalue weighted by molar-refractivity contribution is 6.42. The van der Waals surface area contributed by atoms with Gasteiger partial charge in [0.1, 0.15) is 29.3 Å². The maximum atomic E-state index is 9.91. The first kappa shape index (κ1) is 14.0. The number of nitrogens with zero attached hydrogens (tertiary/aromatic N) is 3. The van der Waals surface area contributed by atoms with Gasteiger partial charge in [-0.1, -0.05) is 23.2 Å². The molecule has 0 spiro atoms. The zero-order valence-corrected chi connectivity index (χ0v) is 11.5. The molecule has 7 nitrogen and oxygen atoms in total. The topological polar surface area (TPSA) is 101 Å². The molecule has 20 heavy (non-hydrogen) atoms. The molecule has 2 aromatic rings. The summed E-state index contributed by atoms with van der Waals surface area (Å²) < 4.78 is 5.33. The first-order valence-electron chi connectivity index (χ1n) is 5.85. The quantitative estimate of drug-likeness (QED) is 0.738. The van der Waals surface area contributed by atoms with Crippen LogP contribution in [-0.4, -0.2) is 55.2 Å². The van der Waals surface area contributed by atoms with E-state index in [4.69, 9.17) is 33.0 Å². The zero-order valence-electron chi connectivity index (χ0n) is 10.0. The summed E-state index contributed by atoms with van der Waals surface area (Å²) in [5, 5.41) is 37.6. The van der Waals surface area contributed by atoms with E-state index in [1.165, 1.54) is 0 Å². The van der Waals surface area contributed by atoms with Crippen LogP contribution in [0.15, 0.2) is 12.1 Å². The van der Waals surface area contributed by atoms with Gasteiger partial charge in [-0.2, -0.15) is 15.0 Å². The molecule has 0 amide bonds. The van der Waals surface area contributed by atoms with Crippen molar-refractivity contribution in [2.75, 3.05) is 6.61 Å². The lowest BCUT2D eigenvalue weighted by Crippen LogP contribution is -2.33. The highest BCUT2D eigenvalue weighted by Crippen LogP contribution is 2.30. The summed E-state index contributed by atoms with van der Waals surface area (Å²) in [7, 11) is 0. The minimum absolute atomic E-state index is 0.340. The molecule has 1 saturated heterocycles. The third-order valence-electron chi connectivity index (χ3n) is 3.18. The molecule has 1 aliphatic heterocycles. The third kappa shape index (κ3) is 2.16. The van der Waals surface area contributed by atoms with E-state index in [1.54, 1.807) is 12.1 Å². The lowest BCUT2D eigenvalue weighted by molar-refractivity contribution is -0.0650. The smallest absolute Gasteiger partial charge is 0.198 e. The van der Waals surface area contributed by atoms with E-state index in [-0.39, 0.29) is 0 Å². The summed E-state index contributed by atoms with van der Waals surface area (Å²) in [6, 6.07) is 3.09. The average molecular weight is 320 g/mol. The summed E-state index contributed by atoms with van der Waals surface area (Å²) in [6.07, 6.45) is -4.30. The Morgan fingerprint density at radius 3 is 2.10 bits per heavy atom.